The lowest BCUT2D eigenvalue weighted by Crippen LogP contribution is -2.40. The third kappa shape index (κ3) is 5.24. The smallest absolute Gasteiger partial charge is 0.307 e. The van der Waals surface area contributed by atoms with Gasteiger partial charge in [-0.15, -0.1) is 0 Å². The number of esters is 1. The minimum Gasteiger partial charge on any atom is -0.453 e. The molecule has 1 heterocycles. The highest BCUT2D eigenvalue weighted by molar-refractivity contribution is 7.89. The van der Waals surface area contributed by atoms with E-state index in [-0.39, 0.29) is 23.3 Å². The van der Waals surface area contributed by atoms with Crippen molar-refractivity contribution in [3.63, 3.8) is 0 Å². The van der Waals surface area contributed by atoms with Crippen molar-refractivity contribution in [1.29, 1.82) is 0 Å². The number of fused-ring (bicyclic) bond motifs is 1. The van der Waals surface area contributed by atoms with E-state index in [1.807, 2.05) is 11.6 Å². The highest BCUT2D eigenvalue weighted by atomic mass is 32.2. The number of carbonyl (C=O) groups excluding carboxylic acids is 2. The maximum absolute atomic E-state index is 12.3. The predicted octanol–water partition coefficient (Wildman–Crippen LogP) is 1.75. The number of hydrogen-bond acceptors (Lipinski definition) is 6. The molecule has 1 fully saturated rings. The average molecular weight is 451 g/mol. The number of imidazole rings is 1. The number of hydrogen-bond donors (Lipinski definition) is 1. The van der Waals surface area contributed by atoms with Crippen LogP contribution in [-0.2, 0) is 37.8 Å². The van der Waals surface area contributed by atoms with Gasteiger partial charge in [0.15, 0.2) is 6.10 Å². The molecule has 2 aromatic rings. The van der Waals surface area contributed by atoms with Gasteiger partial charge >= 0.3 is 5.97 Å². The Labute approximate surface area is 182 Å². The molecule has 1 amide bonds. The average Bonchev–Trinajstić information content (AvgIpc) is 3.33. The summed E-state index contributed by atoms with van der Waals surface area (Å²) >= 11 is 0. The quantitative estimate of drug-likeness (QED) is 0.614. The lowest BCUT2D eigenvalue weighted by molar-refractivity contribution is -0.155. The van der Waals surface area contributed by atoms with Crippen LogP contribution in [0.5, 0.6) is 0 Å². The zero-order valence-electron chi connectivity index (χ0n) is 18.4. The summed E-state index contributed by atoms with van der Waals surface area (Å²) in [4.78, 5) is 29.1. The summed E-state index contributed by atoms with van der Waals surface area (Å²) in [6.07, 6.45) is 3.71. The summed E-state index contributed by atoms with van der Waals surface area (Å²) in [6.45, 7) is 1.57. The monoisotopic (exact) mass is 450 g/mol. The number of aryl methyl sites for hydroxylation is 2. The second kappa shape index (κ2) is 9.35. The molecule has 1 aliphatic rings. The van der Waals surface area contributed by atoms with Gasteiger partial charge in [0, 0.05) is 33.6 Å². The second-order valence-electron chi connectivity index (χ2n) is 8.15. The van der Waals surface area contributed by atoms with Gasteiger partial charge in [-0.05, 0) is 38.0 Å². The Kier molecular flexibility index (Phi) is 7.00. The zero-order chi connectivity index (χ0) is 22.8. The van der Waals surface area contributed by atoms with Crippen LogP contribution < -0.4 is 5.32 Å². The van der Waals surface area contributed by atoms with E-state index in [0.29, 0.717) is 17.8 Å². The van der Waals surface area contributed by atoms with Crippen molar-refractivity contribution in [3.05, 3.63) is 24.0 Å². The van der Waals surface area contributed by atoms with E-state index >= 15 is 0 Å². The molecule has 1 aliphatic carbocycles. The van der Waals surface area contributed by atoms with E-state index in [4.69, 9.17) is 4.74 Å². The van der Waals surface area contributed by atoms with E-state index in [0.717, 1.165) is 35.5 Å². The SMILES string of the molecule is C[C@@H](OC(=O)CCc1nc2cc(S(=O)(=O)N(C)C)ccc2n1C)C(=O)NC1CCCC1. The molecule has 1 saturated carbocycles. The molecule has 1 aromatic heterocycles. The first-order chi connectivity index (χ1) is 14.6. The van der Waals surface area contributed by atoms with Crippen LogP contribution in [0.3, 0.4) is 0 Å². The van der Waals surface area contributed by atoms with Gasteiger partial charge in [0.05, 0.1) is 22.3 Å². The van der Waals surface area contributed by atoms with Crippen LogP contribution in [-0.4, -0.2) is 60.4 Å². The summed E-state index contributed by atoms with van der Waals surface area (Å²) in [5.74, 6) is -0.107. The minimum absolute atomic E-state index is 0.0705. The second-order valence-corrected chi connectivity index (χ2v) is 10.3. The predicted molar refractivity (Wildman–Crippen MR) is 116 cm³/mol. The summed E-state index contributed by atoms with van der Waals surface area (Å²) in [6, 6.07) is 4.95. The maximum Gasteiger partial charge on any atom is 0.307 e. The molecule has 10 heteroatoms. The molecule has 0 unspecified atom stereocenters. The highest BCUT2D eigenvalue weighted by Gasteiger charge is 2.23. The summed E-state index contributed by atoms with van der Waals surface area (Å²) in [7, 11) is 1.21. The third-order valence-electron chi connectivity index (χ3n) is 5.66. The van der Waals surface area contributed by atoms with Crippen molar-refractivity contribution in [3.8, 4) is 0 Å². The molecular formula is C21H30N4O5S. The molecule has 1 aromatic carbocycles. The molecule has 1 atom stereocenters. The van der Waals surface area contributed by atoms with E-state index < -0.39 is 22.1 Å². The Morgan fingerprint density at radius 1 is 1.29 bits per heavy atom. The van der Waals surface area contributed by atoms with Crippen molar-refractivity contribution in [2.24, 2.45) is 7.05 Å². The van der Waals surface area contributed by atoms with Gasteiger partial charge in [-0.2, -0.15) is 0 Å². The third-order valence-corrected chi connectivity index (χ3v) is 7.47. The topological polar surface area (TPSA) is 111 Å². The minimum atomic E-state index is -3.56. The van der Waals surface area contributed by atoms with Gasteiger partial charge in [0.1, 0.15) is 5.82 Å². The molecular weight excluding hydrogens is 420 g/mol. The van der Waals surface area contributed by atoms with E-state index in [1.165, 1.54) is 20.2 Å². The Morgan fingerprint density at radius 3 is 2.61 bits per heavy atom. The molecule has 3 rings (SSSR count). The van der Waals surface area contributed by atoms with Gasteiger partial charge in [0.25, 0.3) is 5.91 Å². The first-order valence-electron chi connectivity index (χ1n) is 10.5. The number of rotatable bonds is 8. The van der Waals surface area contributed by atoms with Crippen LogP contribution in [0.4, 0.5) is 0 Å². The number of ether oxygens (including phenoxy) is 1. The van der Waals surface area contributed by atoms with Crippen molar-refractivity contribution >= 4 is 32.9 Å². The zero-order valence-corrected chi connectivity index (χ0v) is 19.2. The van der Waals surface area contributed by atoms with Crippen LogP contribution in [0.1, 0.15) is 44.9 Å². The molecule has 9 nitrogen and oxygen atoms in total. The van der Waals surface area contributed by atoms with Gasteiger partial charge in [-0.1, -0.05) is 12.8 Å². The summed E-state index contributed by atoms with van der Waals surface area (Å²) in [5.41, 5.74) is 1.31. The van der Waals surface area contributed by atoms with Gasteiger partial charge in [0.2, 0.25) is 10.0 Å². The number of sulfonamides is 1. The number of nitrogens with zero attached hydrogens (tertiary/aromatic N) is 3. The Bertz CT molecular complexity index is 1070. The fraction of sp³-hybridized carbons (Fsp3) is 0.571. The van der Waals surface area contributed by atoms with Crippen LogP contribution >= 0.6 is 0 Å². The number of aromatic nitrogens is 2. The number of amides is 1. The largest absolute Gasteiger partial charge is 0.453 e. The van der Waals surface area contributed by atoms with Gasteiger partial charge < -0.3 is 14.6 Å². The molecule has 0 saturated heterocycles. The molecule has 31 heavy (non-hydrogen) atoms. The molecule has 0 spiro atoms. The molecule has 1 N–H and O–H groups in total. The molecule has 0 aliphatic heterocycles. The number of carbonyl (C=O) groups is 2. The highest BCUT2D eigenvalue weighted by Crippen LogP contribution is 2.22. The normalized spacial score (nSPS) is 16.0. The number of nitrogens with one attached hydrogen (secondary N) is 1. The van der Waals surface area contributed by atoms with Crippen molar-refractivity contribution < 1.29 is 22.7 Å². The van der Waals surface area contributed by atoms with Crippen LogP contribution in [0.2, 0.25) is 0 Å². The first-order valence-corrected chi connectivity index (χ1v) is 11.9. The molecule has 170 valence electrons. The first kappa shape index (κ1) is 23.2. The Morgan fingerprint density at radius 2 is 1.97 bits per heavy atom. The van der Waals surface area contributed by atoms with Crippen LogP contribution in [0, 0.1) is 0 Å². The lowest BCUT2D eigenvalue weighted by Gasteiger charge is -2.17. The fourth-order valence-electron chi connectivity index (χ4n) is 3.74. The fourth-order valence-corrected chi connectivity index (χ4v) is 4.66. The summed E-state index contributed by atoms with van der Waals surface area (Å²) < 4.78 is 32.9. The van der Waals surface area contributed by atoms with Crippen LogP contribution in [0.15, 0.2) is 23.1 Å². The van der Waals surface area contributed by atoms with E-state index in [1.54, 1.807) is 19.1 Å². The Hall–Kier alpha value is -2.46. The standard InChI is InChI=1S/C21H30N4O5S/c1-14(21(27)22-15-7-5-6-8-15)30-20(26)12-11-19-23-17-13-16(31(28,29)24(2)3)9-10-18(17)25(19)4/h9-10,13-15H,5-8,11-12H2,1-4H3,(H,22,27)/t14-/m1/s1. The van der Waals surface area contributed by atoms with Gasteiger partial charge in [-0.3, -0.25) is 9.59 Å². The maximum atomic E-state index is 12.3. The van der Waals surface area contributed by atoms with Crippen molar-refractivity contribution in [2.45, 2.75) is 62.5 Å². The lowest BCUT2D eigenvalue weighted by atomic mass is 10.2. The number of benzene rings is 1. The van der Waals surface area contributed by atoms with E-state index in [2.05, 4.69) is 10.3 Å². The summed E-state index contributed by atoms with van der Waals surface area (Å²) in [5, 5.41) is 2.92. The van der Waals surface area contributed by atoms with Crippen LogP contribution in [0.25, 0.3) is 11.0 Å². The van der Waals surface area contributed by atoms with Crippen molar-refractivity contribution in [2.75, 3.05) is 14.1 Å². The molecule has 0 bridgehead atoms. The van der Waals surface area contributed by atoms with Gasteiger partial charge in [-0.25, -0.2) is 17.7 Å². The van der Waals surface area contributed by atoms with Crippen molar-refractivity contribution in [1.82, 2.24) is 19.2 Å². The molecule has 0 radical (unpaired) electrons. The van der Waals surface area contributed by atoms with E-state index in [9.17, 15) is 18.0 Å². The Balaban J connectivity index is 1.61.